The Morgan fingerprint density at radius 3 is 2.06 bits per heavy atom. The van der Waals surface area contributed by atoms with Gasteiger partial charge in [-0.2, -0.15) is 0 Å². The molecule has 8 heteroatoms. The number of benzene rings is 3. The van der Waals surface area contributed by atoms with Crippen LogP contribution in [0.5, 0.6) is 0 Å². The van der Waals surface area contributed by atoms with E-state index in [9.17, 15) is 4.79 Å². The molecule has 0 saturated carbocycles. The third kappa shape index (κ3) is 7.38. The summed E-state index contributed by atoms with van der Waals surface area (Å²) in [6.45, 7) is 1.99. The summed E-state index contributed by atoms with van der Waals surface area (Å²) in [6, 6.07) is 25.4. The van der Waals surface area contributed by atoms with Crippen molar-refractivity contribution >= 4 is 63.7 Å². The van der Waals surface area contributed by atoms with E-state index in [4.69, 9.17) is 47.0 Å². The normalized spacial score (nSPS) is 12.0. The van der Waals surface area contributed by atoms with Gasteiger partial charge in [0, 0.05) is 5.69 Å². The fourth-order valence-corrected chi connectivity index (χ4v) is 3.54. The highest BCUT2D eigenvalue weighted by Crippen LogP contribution is 2.29. The Labute approximate surface area is 208 Å². The van der Waals surface area contributed by atoms with Crippen molar-refractivity contribution in [2.24, 2.45) is 0 Å². The van der Waals surface area contributed by atoms with Crippen LogP contribution in [-0.2, 0) is 11.2 Å². The molecule has 32 heavy (non-hydrogen) atoms. The molecule has 0 aromatic heterocycles. The third-order valence-electron chi connectivity index (χ3n) is 4.64. The molecule has 1 amide bonds. The van der Waals surface area contributed by atoms with E-state index in [1.807, 2.05) is 85.8 Å². The predicted octanol–water partition coefficient (Wildman–Crippen LogP) is 6.00. The molecule has 3 aromatic carbocycles. The number of hydrogen-bond acceptors (Lipinski definition) is 2. The van der Waals surface area contributed by atoms with Gasteiger partial charge in [-0.05, 0) is 48.0 Å². The average Bonchev–Trinajstić information content (AvgIpc) is 2.75. The minimum Gasteiger partial charge on any atom is -0.339 e. The van der Waals surface area contributed by atoms with Gasteiger partial charge in [0.05, 0.1) is 6.42 Å². The SMILES string of the molecule is Cc1ccc(NC(=S)NC(NC(=O)Cc2ccc(-c3ccccc3)cc2)C(Cl)(Cl)Cl)cc1. The van der Waals surface area contributed by atoms with E-state index in [0.717, 1.165) is 27.9 Å². The Hall–Kier alpha value is -2.31. The van der Waals surface area contributed by atoms with Crippen LogP contribution in [0.4, 0.5) is 5.69 Å². The molecule has 4 nitrogen and oxygen atoms in total. The van der Waals surface area contributed by atoms with Crippen LogP contribution in [0.2, 0.25) is 0 Å². The van der Waals surface area contributed by atoms with E-state index in [1.54, 1.807) is 0 Å². The molecule has 0 heterocycles. The van der Waals surface area contributed by atoms with Crippen LogP contribution in [0.25, 0.3) is 11.1 Å². The lowest BCUT2D eigenvalue weighted by atomic mass is 10.0. The van der Waals surface area contributed by atoms with E-state index >= 15 is 0 Å². The Balaban J connectivity index is 1.59. The first kappa shape index (κ1) is 24.3. The number of alkyl halides is 3. The van der Waals surface area contributed by atoms with Gasteiger partial charge >= 0.3 is 0 Å². The van der Waals surface area contributed by atoms with Crippen LogP contribution < -0.4 is 16.0 Å². The highest BCUT2D eigenvalue weighted by molar-refractivity contribution is 7.80. The largest absolute Gasteiger partial charge is 0.339 e. The van der Waals surface area contributed by atoms with E-state index in [-0.39, 0.29) is 17.4 Å². The van der Waals surface area contributed by atoms with Gasteiger partial charge in [-0.25, -0.2) is 0 Å². The van der Waals surface area contributed by atoms with Crippen LogP contribution in [0.15, 0.2) is 78.9 Å². The molecular weight excluding hydrogens is 485 g/mol. The monoisotopic (exact) mass is 505 g/mol. The van der Waals surface area contributed by atoms with Crippen molar-refractivity contribution in [1.29, 1.82) is 0 Å². The van der Waals surface area contributed by atoms with Crippen molar-refractivity contribution in [2.45, 2.75) is 23.3 Å². The summed E-state index contributed by atoms with van der Waals surface area (Å²) in [6.07, 6.45) is -0.888. The molecule has 0 aliphatic heterocycles. The van der Waals surface area contributed by atoms with Gasteiger partial charge in [0.1, 0.15) is 6.17 Å². The van der Waals surface area contributed by atoms with Crippen LogP contribution in [0.3, 0.4) is 0 Å². The van der Waals surface area contributed by atoms with Gasteiger partial charge in [0.25, 0.3) is 0 Å². The number of rotatable bonds is 6. The number of amides is 1. The second-order valence-electron chi connectivity index (χ2n) is 7.25. The lowest BCUT2D eigenvalue weighted by Gasteiger charge is -2.27. The van der Waals surface area contributed by atoms with Crippen molar-refractivity contribution in [3.05, 3.63) is 90.0 Å². The average molecular weight is 507 g/mol. The number of carbonyl (C=O) groups is 1. The molecule has 1 unspecified atom stereocenters. The third-order valence-corrected chi connectivity index (χ3v) is 5.52. The maximum Gasteiger partial charge on any atom is 0.228 e. The predicted molar refractivity (Wildman–Crippen MR) is 138 cm³/mol. The minimum absolute atomic E-state index is 0.131. The zero-order valence-electron chi connectivity index (χ0n) is 17.2. The molecule has 0 aliphatic carbocycles. The first-order chi connectivity index (χ1) is 15.2. The van der Waals surface area contributed by atoms with Crippen molar-refractivity contribution in [3.8, 4) is 11.1 Å². The Morgan fingerprint density at radius 1 is 0.875 bits per heavy atom. The maximum absolute atomic E-state index is 12.6. The molecular formula is C24H22Cl3N3OS. The van der Waals surface area contributed by atoms with E-state index in [1.165, 1.54) is 0 Å². The lowest BCUT2D eigenvalue weighted by Crippen LogP contribution is -2.56. The molecule has 1 atom stereocenters. The van der Waals surface area contributed by atoms with Gasteiger partial charge in [0.2, 0.25) is 9.70 Å². The number of aryl methyl sites for hydroxylation is 1. The van der Waals surface area contributed by atoms with Gasteiger partial charge in [0.15, 0.2) is 5.11 Å². The number of thiocarbonyl (C=S) groups is 1. The number of nitrogens with one attached hydrogen (secondary N) is 3. The first-order valence-electron chi connectivity index (χ1n) is 9.85. The lowest BCUT2D eigenvalue weighted by molar-refractivity contribution is -0.121. The summed E-state index contributed by atoms with van der Waals surface area (Å²) >= 11 is 23.5. The van der Waals surface area contributed by atoms with Crippen LogP contribution in [0, 0.1) is 6.92 Å². The van der Waals surface area contributed by atoms with Gasteiger partial charge in [-0.1, -0.05) is 107 Å². The fourth-order valence-electron chi connectivity index (χ4n) is 2.98. The summed E-state index contributed by atoms with van der Waals surface area (Å²) in [4.78, 5) is 12.6. The molecule has 0 bridgehead atoms. The number of halogens is 3. The van der Waals surface area contributed by atoms with Crippen molar-refractivity contribution in [2.75, 3.05) is 5.32 Å². The summed E-state index contributed by atoms with van der Waals surface area (Å²) < 4.78 is -1.81. The highest BCUT2D eigenvalue weighted by Gasteiger charge is 2.34. The second kappa shape index (κ2) is 11.0. The molecule has 166 valence electrons. The summed E-state index contributed by atoms with van der Waals surface area (Å²) in [5, 5.41) is 8.79. The Kier molecular flexibility index (Phi) is 8.38. The molecule has 0 aliphatic rings. The van der Waals surface area contributed by atoms with Gasteiger partial charge in [-0.15, -0.1) is 0 Å². The number of hydrogen-bond donors (Lipinski definition) is 3. The fraction of sp³-hybridized carbons (Fsp3) is 0.167. The van der Waals surface area contributed by atoms with Crippen LogP contribution in [-0.4, -0.2) is 21.0 Å². The summed E-state index contributed by atoms with van der Waals surface area (Å²) in [5.41, 5.74) is 4.92. The van der Waals surface area contributed by atoms with Crippen molar-refractivity contribution in [1.82, 2.24) is 10.6 Å². The standard InChI is InChI=1S/C24H22Cl3N3OS/c1-16-7-13-20(14-8-16)28-23(32)30-22(24(25,26)27)29-21(31)15-17-9-11-19(12-10-17)18-5-3-2-4-6-18/h2-14,22H,15H2,1H3,(H,29,31)(H2,28,30,32). The van der Waals surface area contributed by atoms with Crippen LogP contribution in [0.1, 0.15) is 11.1 Å². The van der Waals surface area contributed by atoms with E-state index in [0.29, 0.717) is 0 Å². The second-order valence-corrected chi connectivity index (χ2v) is 10.0. The van der Waals surface area contributed by atoms with Crippen LogP contribution >= 0.6 is 47.0 Å². The van der Waals surface area contributed by atoms with E-state index < -0.39 is 9.96 Å². The molecule has 3 aromatic rings. The zero-order chi connectivity index (χ0) is 23.1. The summed E-state index contributed by atoms with van der Waals surface area (Å²) in [7, 11) is 0. The van der Waals surface area contributed by atoms with Gasteiger partial charge < -0.3 is 16.0 Å². The molecule has 0 fully saturated rings. The molecule has 0 saturated heterocycles. The molecule has 0 spiro atoms. The smallest absolute Gasteiger partial charge is 0.228 e. The maximum atomic E-state index is 12.6. The Bertz CT molecular complexity index is 1050. The minimum atomic E-state index is -1.81. The van der Waals surface area contributed by atoms with Crippen molar-refractivity contribution < 1.29 is 4.79 Å². The number of anilines is 1. The summed E-state index contributed by atoms with van der Waals surface area (Å²) in [5.74, 6) is -0.306. The number of carbonyl (C=O) groups excluding carboxylic acids is 1. The molecule has 3 N–H and O–H groups in total. The first-order valence-corrected chi connectivity index (χ1v) is 11.4. The quantitative estimate of drug-likeness (QED) is 0.218. The van der Waals surface area contributed by atoms with Gasteiger partial charge in [-0.3, -0.25) is 4.79 Å². The molecule has 3 rings (SSSR count). The van der Waals surface area contributed by atoms with Crippen molar-refractivity contribution in [3.63, 3.8) is 0 Å². The topological polar surface area (TPSA) is 53.2 Å². The van der Waals surface area contributed by atoms with E-state index in [2.05, 4.69) is 16.0 Å². The Morgan fingerprint density at radius 2 is 1.47 bits per heavy atom. The molecule has 0 radical (unpaired) electrons. The highest BCUT2D eigenvalue weighted by atomic mass is 35.6. The zero-order valence-corrected chi connectivity index (χ0v) is 20.3.